The normalized spacial score (nSPS) is 10.6. The van der Waals surface area contributed by atoms with Gasteiger partial charge < -0.3 is 5.32 Å². The Kier molecular flexibility index (Phi) is 5.81. The lowest BCUT2D eigenvalue weighted by atomic mass is 10.1. The van der Waals surface area contributed by atoms with E-state index in [0.717, 1.165) is 28.1 Å². The fourth-order valence-corrected chi connectivity index (χ4v) is 3.03. The second-order valence-electron chi connectivity index (χ2n) is 6.67. The van der Waals surface area contributed by atoms with Gasteiger partial charge in [0.15, 0.2) is 0 Å². The summed E-state index contributed by atoms with van der Waals surface area (Å²) < 4.78 is 1.42. The van der Waals surface area contributed by atoms with Crippen molar-refractivity contribution in [3.05, 3.63) is 82.1 Å². The van der Waals surface area contributed by atoms with Crippen LogP contribution in [-0.2, 0) is 11.3 Å². The Bertz CT molecular complexity index is 974. The molecule has 0 saturated carbocycles. The van der Waals surface area contributed by atoms with Gasteiger partial charge >= 0.3 is 0 Å². The first-order valence-corrected chi connectivity index (χ1v) is 9.03. The quantitative estimate of drug-likeness (QED) is 0.723. The van der Waals surface area contributed by atoms with Gasteiger partial charge in [-0.1, -0.05) is 36.4 Å². The summed E-state index contributed by atoms with van der Waals surface area (Å²) in [6, 6.07) is 18.9. The minimum Gasteiger partial charge on any atom is -0.326 e. The zero-order valence-corrected chi connectivity index (χ0v) is 15.6. The van der Waals surface area contributed by atoms with Crippen LogP contribution in [0.2, 0.25) is 0 Å². The first-order valence-electron chi connectivity index (χ1n) is 9.03. The number of aryl methyl sites for hydroxylation is 3. The van der Waals surface area contributed by atoms with Crippen LogP contribution in [0.3, 0.4) is 0 Å². The molecule has 1 heterocycles. The number of nitrogens with one attached hydrogen (secondary N) is 1. The average molecular weight is 361 g/mol. The van der Waals surface area contributed by atoms with Crippen molar-refractivity contribution < 1.29 is 4.79 Å². The Morgan fingerprint density at radius 1 is 1.00 bits per heavy atom. The van der Waals surface area contributed by atoms with Crippen molar-refractivity contribution in [1.82, 2.24) is 9.78 Å². The molecule has 1 amide bonds. The van der Waals surface area contributed by atoms with Crippen LogP contribution in [0.25, 0.3) is 11.3 Å². The molecule has 0 aliphatic rings. The van der Waals surface area contributed by atoms with E-state index >= 15 is 0 Å². The maximum absolute atomic E-state index is 12.2. The number of rotatable bonds is 6. The molecule has 27 heavy (non-hydrogen) atoms. The Morgan fingerprint density at radius 3 is 2.41 bits per heavy atom. The molecule has 0 saturated heterocycles. The highest BCUT2D eigenvalue weighted by Crippen LogP contribution is 2.15. The van der Waals surface area contributed by atoms with E-state index < -0.39 is 0 Å². The summed E-state index contributed by atoms with van der Waals surface area (Å²) in [5.41, 5.74) is 4.56. The van der Waals surface area contributed by atoms with Gasteiger partial charge in [-0.15, -0.1) is 0 Å². The van der Waals surface area contributed by atoms with E-state index in [2.05, 4.69) is 16.5 Å². The SMILES string of the molecule is Cc1cc(C)cc(NC(=O)CCCn2nc(-c3ccccc3)ccc2=O)c1. The number of anilines is 1. The summed E-state index contributed by atoms with van der Waals surface area (Å²) in [5, 5.41) is 7.33. The summed E-state index contributed by atoms with van der Waals surface area (Å²) in [4.78, 5) is 24.2. The molecule has 0 spiro atoms. The van der Waals surface area contributed by atoms with Crippen LogP contribution in [0.4, 0.5) is 5.69 Å². The van der Waals surface area contributed by atoms with Crippen molar-refractivity contribution >= 4 is 11.6 Å². The predicted molar refractivity (Wildman–Crippen MR) is 108 cm³/mol. The summed E-state index contributed by atoms with van der Waals surface area (Å²) in [6.07, 6.45) is 0.873. The molecule has 1 N–H and O–H groups in total. The summed E-state index contributed by atoms with van der Waals surface area (Å²) in [6.45, 7) is 4.40. The van der Waals surface area contributed by atoms with Gasteiger partial charge in [0, 0.05) is 30.3 Å². The van der Waals surface area contributed by atoms with Crippen LogP contribution in [0, 0.1) is 13.8 Å². The predicted octanol–water partition coefficient (Wildman–Crippen LogP) is 3.95. The molecular weight excluding hydrogens is 338 g/mol. The summed E-state index contributed by atoms with van der Waals surface area (Å²) in [5.74, 6) is -0.0627. The number of amides is 1. The van der Waals surface area contributed by atoms with Crippen molar-refractivity contribution in [2.24, 2.45) is 0 Å². The summed E-state index contributed by atoms with van der Waals surface area (Å²) in [7, 11) is 0. The van der Waals surface area contributed by atoms with Crippen molar-refractivity contribution in [1.29, 1.82) is 0 Å². The first kappa shape index (κ1) is 18.6. The van der Waals surface area contributed by atoms with Gasteiger partial charge in [-0.2, -0.15) is 5.10 Å². The molecular formula is C22H23N3O2. The van der Waals surface area contributed by atoms with Crippen LogP contribution in [0.15, 0.2) is 65.5 Å². The van der Waals surface area contributed by atoms with Crippen molar-refractivity contribution in [2.45, 2.75) is 33.2 Å². The fraction of sp³-hybridized carbons (Fsp3) is 0.227. The van der Waals surface area contributed by atoms with Gasteiger partial charge in [0.25, 0.3) is 5.56 Å². The van der Waals surface area contributed by atoms with Crippen LogP contribution in [-0.4, -0.2) is 15.7 Å². The maximum Gasteiger partial charge on any atom is 0.266 e. The molecule has 5 heteroatoms. The van der Waals surface area contributed by atoms with Gasteiger partial charge in [-0.05, 0) is 49.6 Å². The second-order valence-corrected chi connectivity index (χ2v) is 6.67. The van der Waals surface area contributed by atoms with Crippen LogP contribution in [0.5, 0.6) is 0 Å². The number of carbonyl (C=O) groups is 1. The molecule has 3 aromatic rings. The van der Waals surface area contributed by atoms with Gasteiger partial charge in [-0.3, -0.25) is 9.59 Å². The minimum absolute atomic E-state index is 0.0627. The van der Waals surface area contributed by atoms with E-state index in [1.807, 2.05) is 56.3 Å². The molecule has 2 aromatic carbocycles. The van der Waals surface area contributed by atoms with E-state index in [9.17, 15) is 9.59 Å². The summed E-state index contributed by atoms with van der Waals surface area (Å²) >= 11 is 0. The number of hydrogen-bond acceptors (Lipinski definition) is 3. The largest absolute Gasteiger partial charge is 0.326 e. The van der Waals surface area contributed by atoms with Crippen LogP contribution in [0.1, 0.15) is 24.0 Å². The molecule has 138 valence electrons. The molecule has 0 bridgehead atoms. The lowest BCUT2D eigenvalue weighted by Gasteiger charge is -2.09. The fourth-order valence-electron chi connectivity index (χ4n) is 3.03. The number of nitrogens with zero attached hydrogens (tertiary/aromatic N) is 2. The van der Waals surface area contributed by atoms with E-state index in [4.69, 9.17) is 0 Å². The number of aromatic nitrogens is 2. The van der Waals surface area contributed by atoms with E-state index in [1.165, 1.54) is 10.7 Å². The van der Waals surface area contributed by atoms with Gasteiger partial charge in [0.1, 0.15) is 0 Å². The highest BCUT2D eigenvalue weighted by atomic mass is 16.1. The maximum atomic E-state index is 12.2. The third-order valence-electron chi connectivity index (χ3n) is 4.22. The van der Waals surface area contributed by atoms with Crippen molar-refractivity contribution in [3.63, 3.8) is 0 Å². The number of carbonyl (C=O) groups excluding carboxylic acids is 1. The third kappa shape index (κ3) is 5.14. The van der Waals surface area contributed by atoms with E-state index in [1.54, 1.807) is 6.07 Å². The van der Waals surface area contributed by atoms with Crippen LogP contribution >= 0.6 is 0 Å². The number of hydrogen-bond donors (Lipinski definition) is 1. The Labute approximate surface area is 158 Å². The molecule has 1 aromatic heterocycles. The Balaban J connectivity index is 1.60. The highest BCUT2D eigenvalue weighted by Gasteiger charge is 2.06. The average Bonchev–Trinajstić information content (AvgIpc) is 2.63. The second kappa shape index (κ2) is 8.45. The van der Waals surface area contributed by atoms with Crippen LogP contribution < -0.4 is 10.9 Å². The zero-order chi connectivity index (χ0) is 19.2. The smallest absolute Gasteiger partial charge is 0.266 e. The van der Waals surface area contributed by atoms with E-state index in [0.29, 0.717) is 19.4 Å². The first-order chi connectivity index (χ1) is 13.0. The standard InChI is InChI=1S/C22H23N3O2/c1-16-13-17(2)15-19(14-16)23-21(26)9-6-12-25-22(27)11-10-20(24-25)18-7-4-3-5-8-18/h3-5,7-8,10-11,13-15H,6,9,12H2,1-2H3,(H,23,26). The Morgan fingerprint density at radius 2 is 1.70 bits per heavy atom. The van der Waals surface area contributed by atoms with Gasteiger partial charge in [0.05, 0.1) is 5.69 Å². The number of benzene rings is 2. The Hall–Kier alpha value is -3.21. The minimum atomic E-state index is -0.163. The highest BCUT2D eigenvalue weighted by molar-refractivity contribution is 5.90. The molecule has 0 aliphatic carbocycles. The van der Waals surface area contributed by atoms with Crippen molar-refractivity contribution in [2.75, 3.05) is 5.32 Å². The molecule has 0 radical (unpaired) electrons. The molecule has 0 fully saturated rings. The monoisotopic (exact) mass is 361 g/mol. The lowest BCUT2D eigenvalue weighted by Crippen LogP contribution is -2.23. The molecule has 0 aliphatic heterocycles. The van der Waals surface area contributed by atoms with Gasteiger partial charge in [-0.25, -0.2) is 4.68 Å². The van der Waals surface area contributed by atoms with Crippen molar-refractivity contribution in [3.8, 4) is 11.3 Å². The molecule has 3 rings (SSSR count). The van der Waals surface area contributed by atoms with Gasteiger partial charge in [0.2, 0.25) is 5.91 Å². The topological polar surface area (TPSA) is 64.0 Å². The third-order valence-corrected chi connectivity index (χ3v) is 4.22. The zero-order valence-electron chi connectivity index (χ0n) is 15.6. The van der Waals surface area contributed by atoms with E-state index in [-0.39, 0.29) is 11.5 Å². The molecule has 5 nitrogen and oxygen atoms in total. The lowest BCUT2D eigenvalue weighted by molar-refractivity contribution is -0.116. The molecule has 0 unspecified atom stereocenters. The molecule has 0 atom stereocenters.